The van der Waals surface area contributed by atoms with Crippen LogP contribution in [0.4, 0.5) is 5.69 Å². The molecule has 17 heavy (non-hydrogen) atoms. The number of hydrogen-bond acceptors (Lipinski definition) is 3. The molecule has 2 amide bonds. The maximum atomic E-state index is 10.8. The van der Waals surface area contributed by atoms with Crippen molar-refractivity contribution < 1.29 is 9.59 Å². The maximum absolute atomic E-state index is 10.8. The number of primary amides is 1. The lowest BCUT2D eigenvalue weighted by atomic mass is 10.2. The van der Waals surface area contributed by atoms with Crippen LogP contribution in [0.25, 0.3) is 0 Å². The van der Waals surface area contributed by atoms with Crippen molar-refractivity contribution in [3.8, 4) is 0 Å². The van der Waals surface area contributed by atoms with E-state index >= 15 is 0 Å². The molecule has 0 aromatic heterocycles. The van der Waals surface area contributed by atoms with Crippen LogP contribution in [0.3, 0.4) is 0 Å². The molecule has 4 N–H and O–H groups in total. The van der Waals surface area contributed by atoms with Crippen molar-refractivity contribution in [3.05, 3.63) is 29.8 Å². The Balaban J connectivity index is 2.51. The van der Waals surface area contributed by atoms with Gasteiger partial charge >= 0.3 is 0 Å². The van der Waals surface area contributed by atoms with E-state index in [1.807, 2.05) is 24.3 Å². The summed E-state index contributed by atoms with van der Waals surface area (Å²) in [6.45, 7) is 3.74. The molecule has 0 heterocycles. The second-order valence-corrected chi connectivity index (χ2v) is 3.88. The van der Waals surface area contributed by atoms with Gasteiger partial charge in [-0.05, 0) is 24.6 Å². The van der Waals surface area contributed by atoms with Gasteiger partial charge in [0.1, 0.15) is 0 Å². The fourth-order valence-corrected chi connectivity index (χ4v) is 1.28. The number of nitrogens with two attached hydrogens (primary N) is 1. The molecule has 1 rings (SSSR count). The molecule has 0 saturated carbocycles. The van der Waals surface area contributed by atoms with Gasteiger partial charge in [0.15, 0.2) is 0 Å². The Morgan fingerprint density at radius 1 is 1.29 bits per heavy atom. The smallest absolute Gasteiger partial charge is 0.234 e. The molecule has 5 heteroatoms. The van der Waals surface area contributed by atoms with Crippen LogP contribution in [-0.2, 0) is 16.1 Å². The third-order valence-electron chi connectivity index (χ3n) is 2.31. The highest BCUT2D eigenvalue weighted by Crippen LogP contribution is 2.09. The zero-order valence-electron chi connectivity index (χ0n) is 9.99. The molecule has 0 aliphatic rings. The molecule has 92 valence electrons. The fourth-order valence-electron chi connectivity index (χ4n) is 1.28. The van der Waals surface area contributed by atoms with E-state index in [-0.39, 0.29) is 17.9 Å². The zero-order valence-corrected chi connectivity index (χ0v) is 9.99. The molecule has 5 nitrogen and oxygen atoms in total. The highest BCUT2D eigenvalue weighted by Gasteiger charge is 2.06. The quantitative estimate of drug-likeness (QED) is 0.699. The number of rotatable bonds is 5. The molecular weight excluding hydrogens is 218 g/mol. The van der Waals surface area contributed by atoms with E-state index in [9.17, 15) is 9.59 Å². The first-order valence-corrected chi connectivity index (χ1v) is 5.38. The number of benzene rings is 1. The molecule has 0 aliphatic heterocycles. The lowest BCUT2D eigenvalue weighted by Gasteiger charge is -2.10. The zero-order chi connectivity index (χ0) is 12.8. The van der Waals surface area contributed by atoms with E-state index in [4.69, 9.17) is 5.73 Å². The molecule has 0 saturated heterocycles. The van der Waals surface area contributed by atoms with Gasteiger partial charge in [0.05, 0.1) is 6.04 Å². The Morgan fingerprint density at radius 3 is 2.35 bits per heavy atom. The standard InChI is InChI=1S/C12H17N3O2/c1-8(12(13)17)14-7-10-3-5-11(6-4-10)15-9(2)16/h3-6,8,14H,7H2,1-2H3,(H2,13,17)(H,15,16). The number of carbonyl (C=O) groups is 2. The molecule has 0 radical (unpaired) electrons. The number of anilines is 1. The first-order chi connectivity index (χ1) is 7.99. The lowest BCUT2D eigenvalue weighted by molar-refractivity contribution is -0.119. The molecule has 0 fully saturated rings. The third-order valence-corrected chi connectivity index (χ3v) is 2.31. The van der Waals surface area contributed by atoms with E-state index in [1.165, 1.54) is 6.92 Å². The highest BCUT2D eigenvalue weighted by atomic mass is 16.1. The predicted octanol–water partition coefficient (Wildman–Crippen LogP) is 0.608. The summed E-state index contributed by atoms with van der Waals surface area (Å²) in [7, 11) is 0. The Morgan fingerprint density at radius 2 is 1.88 bits per heavy atom. The number of carbonyl (C=O) groups excluding carboxylic acids is 2. The van der Waals surface area contributed by atoms with Crippen LogP contribution in [-0.4, -0.2) is 17.9 Å². The van der Waals surface area contributed by atoms with Gasteiger partial charge in [-0.2, -0.15) is 0 Å². The minimum Gasteiger partial charge on any atom is -0.368 e. The highest BCUT2D eigenvalue weighted by molar-refractivity contribution is 5.88. The predicted molar refractivity (Wildman–Crippen MR) is 66.2 cm³/mol. The monoisotopic (exact) mass is 235 g/mol. The third kappa shape index (κ3) is 4.65. The van der Waals surface area contributed by atoms with Crippen LogP contribution in [0, 0.1) is 0 Å². The Bertz CT molecular complexity index is 401. The lowest BCUT2D eigenvalue weighted by Crippen LogP contribution is -2.38. The van der Waals surface area contributed by atoms with Crippen LogP contribution >= 0.6 is 0 Å². The summed E-state index contributed by atoms with van der Waals surface area (Å²) >= 11 is 0. The normalized spacial score (nSPS) is 11.9. The first-order valence-electron chi connectivity index (χ1n) is 5.38. The van der Waals surface area contributed by atoms with Gasteiger partial charge in [-0.1, -0.05) is 12.1 Å². The molecule has 1 aromatic rings. The average Bonchev–Trinajstić information content (AvgIpc) is 2.26. The van der Waals surface area contributed by atoms with Crippen molar-refractivity contribution in [1.29, 1.82) is 0 Å². The van der Waals surface area contributed by atoms with Gasteiger partial charge in [-0.3, -0.25) is 9.59 Å². The van der Waals surface area contributed by atoms with Gasteiger partial charge < -0.3 is 16.4 Å². The van der Waals surface area contributed by atoms with Gasteiger partial charge in [-0.25, -0.2) is 0 Å². The van der Waals surface area contributed by atoms with Gasteiger partial charge in [0.2, 0.25) is 11.8 Å². The molecule has 1 aromatic carbocycles. The van der Waals surface area contributed by atoms with Crippen molar-refractivity contribution in [2.24, 2.45) is 5.73 Å². The van der Waals surface area contributed by atoms with Crippen molar-refractivity contribution in [1.82, 2.24) is 5.32 Å². The van der Waals surface area contributed by atoms with Crippen LogP contribution in [0.1, 0.15) is 19.4 Å². The Labute approximate surface area is 100 Å². The Kier molecular flexibility index (Phi) is 4.66. The molecular formula is C12H17N3O2. The maximum Gasteiger partial charge on any atom is 0.234 e. The summed E-state index contributed by atoms with van der Waals surface area (Å²) < 4.78 is 0. The van der Waals surface area contributed by atoms with Crippen LogP contribution in [0.2, 0.25) is 0 Å². The summed E-state index contributed by atoms with van der Waals surface area (Å²) in [6.07, 6.45) is 0. The van der Waals surface area contributed by atoms with Gasteiger partial charge in [0, 0.05) is 19.2 Å². The molecule has 0 aliphatic carbocycles. The van der Waals surface area contributed by atoms with Crippen molar-refractivity contribution in [2.75, 3.05) is 5.32 Å². The van der Waals surface area contributed by atoms with Crippen LogP contribution in [0.15, 0.2) is 24.3 Å². The molecule has 1 unspecified atom stereocenters. The van der Waals surface area contributed by atoms with E-state index in [2.05, 4.69) is 10.6 Å². The summed E-state index contributed by atoms with van der Waals surface area (Å²) in [6, 6.07) is 7.03. The minimum absolute atomic E-state index is 0.0989. The molecule has 0 spiro atoms. The topological polar surface area (TPSA) is 84.2 Å². The number of amides is 2. The van der Waals surface area contributed by atoms with E-state index < -0.39 is 0 Å². The summed E-state index contributed by atoms with van der Waals surface area (Å²) in [5.74, 6) is -0.474. The Hall–Kier alpha value is -1.88. The number of hydrogen-bond donors (Lipinski definition) is 3. The first kappa shape index (κ1) is 13.2. The summed E-state index contributed by atoms with van der Waals surface area (Å²) in [4.78, 5) is 21.6. The van der Waals surface area contributed by atoms with Gasteiger partial charge in [-0.15, -0.1) is 0 Å². The van der Waals surface area contributed by atoms with E-state index in [1.54, 1.807) is 6.92 Å². The van der Waals surface area contributed by atoms with Gasteiger partial charge in [0.25, 0.3) is 0 Å². The van der Waals surface area contributed by atoms with E-state index in [0.717, 1.165) is 11.3 Å². The average molecular weight is 235 g/mol. The summed E-state index contributed by atoms with van der Waals surface area (Å²) in [5.41, 5.74) is 6.90. The minimum atomic E-state index is -0.375. The van der Waals surface area contributed by atoms with Crippen molar-refractivity contribution >= 4 is 17.5 Å². The SMILES string of the molecule is CC(=O)Nc1ccc(CNC(C)C(N)=O)cc1. The second kappa shape index (κ2) is 6.00. The van der Waals surface area contributed by atoms with Crippen molar-refractivity contribution in [3.63, 3.8) is 0 Å². The van der Waals surface area contributed by atoms with Crippen molar-refractivity contribution in [2.45, 2.75) is 26.4 Å². The fraction of sp³-hybridized carbons (Fsp3) is 0.333. The largest absolute Gasteiger partial charge is 0.368 e. The molecule has 1 atom stereocenters. The molecule has 0 bridgehead atoms. The van der Waals surface area contributed by atoms with Crippen LogP contribution in [0.5, 0.6) is 0 Å². The van der Waals surface area contributed by atoms with Crippen LogP contribution < -0.4 is 16.4 Å². The summed E-state index contributed by atoms with van der Waals surface area (Å²) in [5, 5.41) is 5.68. The van der Waals surface area contributed by atoms with E-state index in [0.29, 0.717) is 6.54 Å². The second-order valence-electron chi connectivity index (χ2n) is 3.88. The number of nitrogens with one attached hydrogen (secondary N) is 2.